The second-order valence-corrected chi connectivity index (χ2v) is 4.48. The molecule has 0 spiro atoms. The lowest BCUT2D eigenvalue weighted by Crippen LogP contribution is -2.50. The molecular weight excluding hydrogens is 219 g/mol. The van der Waals surface area contributed by atoms with Gasteiger partial charge in [-0.25, -0.2) is 4.39 Å². The van der Waals surface area contributed by atoms with Gasteiger partial charge in [0.15, 0.2) is 0 Å². The van der Waals surface area contributed by atoms with Crippen LogP contribution < -0.4 is 5.32 Å². The molecule has 1 aliphatic heterocycles. The van der Waals surface area contributed by atoms with Crippen LogP contribution in [0, 0.1) is 11.7 Å². The minimum Gasteiger partial charge on any atom is -0.338 e. The van der Waals surface area contributed by atoms with Crippen molar-refractivity contribution in [2.75, 3.05) is 26.7 Å². The first-order valence-electron chi connectivity index (χ1n) is 5.90. The van der Waals surface area contributed by atoms with E-state index in [9.17, 15) is 9.18 Å². The first kappa shape index (κ1) is 12.0. The van der Waals surface area contributed by atoms with Crippen molar-refractivity contribution >= 4 is 5.91 Å². The van der Waals surface area contributed by atoms with Crippen LogP contribution >= 0.6 is 0 Å². The molecule has 92 valence electrons. The summed E-state index contributed by atoms with van der Waals surface area (Å²) >= 11 is 0. The van der Waals surface area contributed by atoms with Gasteiger partial charge in [-0.3, -0.25) is 4.79 Å². The van der Waals surface area contributed by atoms with Gasteiger partial charge in [-0.1, -0.05) is 0 Å². The molecular formula is C13H17FN2O. The Morgan fingerprint density at radius 3 is 2.65 bits per heavy atom. The van der Waals surface area contributed by atoms with E-state index in [1.807, 2.05) is 11.9 Å². The van der Waals surface area contributed by atoms with Gasteiger partial charge in [0.25, 0.3) is 5.91 Å². The molecule has 2 rings (SSSR count). The predicted octanol–water partition coefficient (Wildman–Crippen LogP) is 1.51. The molecule has 1 aromatic carbocycles. The molecule has 1 aliphatic rings. The van der Waals surface area contributed by atoms with Crippen LogP contribution in [-0.2, 0) is 0 Å². The van der Waals surface area contributed by atoms with Crippen molar-refractivity contribution in [1.29, 1.82) is 0 Å². The van der Waals surface area contributed by atoms with Crippen molar-refractivity contribution in [3.63, 3.8) is 0 Å². The highest BCUT2D eigenvalue weighted by Crippen LogP contribution is 2.21. The molecule has 0 radical (unpaired) electrons. The SMILES string of the molecule is CNCCC1CN(C(=O)c2ccc(F)cc2)C1. The lowest BCUT2D eigenvalue weighted by atomic mass is 9.95. The van der Waals surface area contributed by atoms with E-state index < -0.39 is 0 Å². The van der Waals surface area contributed by atoms with E-state index in [1.54, 1.807) is 12.1 Å². The smallest absolute Gasteiger partial charge is 0.253 e. The predicted molar refractivity (Wildman–Crippen MR) is 64.3 cm³/mol. The molecule has 1 aromatic rings. The number of hydrogen-bond donors (Lipinski definition) is 1. The highest BCUT2D eigenvalue weighted by molar-refractivity contribution is 5.94. The summed E-state index contributed by atoms with van der Waals surface area (Å²) < 4.78 is 12.7. The number of nitrogens with zero attached hydrogens (tertiary/aromatic N) is 1. The molecule has 3 nitrogen and oxygen atoms in total. The molecule has 1 saturated heterocycles. The van der Waals surface area contributed by atoms with Crippen molar-refractivity contribution in [2.24, 2.45) is 5.92 Å². The van der Waals surface area contributed by atoms with Gasteiger partial charge in [0, 0.05) is 18.7 Å². The lowest BCUT2D eigenvalue weighted by Gasteiger charge is -2.39. The van der Waals surface area contributed by atoms with E-state index in [2.05, 4.69) is 5.32 Å². The number of nitrogens with one attached hydrogen (secondary N) is 1. The fraction of sp³-hybridized carbons (Fsp3) is 0.462. The second kappa shape index (κ2) is 5.27. The molecule has 0 unspecified atom stereocenters. The molecule has 1 N–H and O–H groups in total. The zero-order valence-corrected chi connectivity index (χ0v) is 9.95. The van der Waals surface area contributed by atoms with Crippen LogP contribution in [0.25, 0.3) is 0 Å². The highest BCUT2D eigenvalue weighted by Gasteiger charge is 2.30. The number of carbonyl (C=O) groups excluding carboxylic acids is 1. The Labute approximate surface area is 101 Å². The van der Waals surface area contributed by atoms with Crippen molar-refractivity contribution < 1.29 is 9.18 Å². The molecule has 0 atom stereocenters. The largest absolute Gasteiger partial charge is 0.338 e. The second-order valence-electron chi connectivity index (χ2n) is 4.48. The third-order valence-corrected chi connectivity index (χ3v) is 3.14. The van der Waals surface area contributed by atoms with Crippen molar-refractivity contribution in [3.8, 4) is 0 Å². The number of hydrogen-bond acceptors (Lipinski definition) is 2. The van der Waals surface area contributed by atoms with Crippen LogP contribution in [0.15, 0.2) is 24.3 Å². The molecule has 1 amide bonds. The van der Waals surface area contributed by atoms with E-state index in [-0.39, 0.29) is 11.7 Å². The monoisotopic (exact) mass is 236 g/mol. The number of halogens is 1. The Balaban J connectivity index is 1.85. The van der Waals surface area contributed by atoms with Gasteiger partial charge in [0.05, 0.1) is 0 Å². The fourth-order valence-electron chi connectivity index (χ4n) is 2.04. The summed E-state index contributed by atoms with van der Waals surface area (Å²) in [4.78, 5) is 13.8. The maximum Gasteiger partial charge on any atom is 0.253 e. The topological polar surface area (TPSA) is 32.3 Å². The molecule has 1 fully saturated rings. The van der Waals surface area contributed by atoms with Gasteiger partial charge in [0.1, 0.15) is 5.82 Å². The summed E-state index contributed by atoms with van der Waals surface area (Å²) in [6.07, 6.45) is 1.10. The minimum absolute atomic E-state index is 0.00528. The maximum atomic E-state index is 12.7. The van der Waals surface area contributed by atoms with Crippen molar-refractivity contribution in [2.45, 2.75) is 6.42 Å². The number of benzene rings is 1. The number of rotatable bonds is 4. The molecule has 4 heteroatoms. The first-order valence-corrected chi connectivity index (χ1v) is 5.90. The Morgan fingerprint density at radius 2 is 2.06 bits per heavy atom. The summed E-state index contributed by atoms with van der Waals surface area (Å²) in [6.45, 7) is 2.62. The Morgan fingerprint density at radius 1 is 1.41 bits per heavy atom. The van der Waals surface area contributed by atoms with E-state index in [4.69, 9.17) is 0 Å². The van der Waals surface area contributed by atoms with Crippen LogP contribution in [0.4, 0.5) is 4.39 Å². The number of carbonyl (C=O) groups is 1. The summed E-state index contributed by atoms with van der Waals surface area (Å²) in [6, 6.07) is 5.73. The fourth-order valence-corrected chi connectivity index (χ4v) is 2.04. The first-order chi connectivity index (χ1) is 8.20. The van der Waals surface area contributed by atoms with Gasteiger partial charge >= 0.3 is 0 Å². The van der Waals surface area contributed by atoms with Gasteiger partial charge in [-0.15, -0.1) is 0 Å². The molecule has 0 bridgehead atoms. The molecule has 1 heterocycles. The Hall–Kier alpha value is -1.42. The zero-order valence-electron chi connectivity index (χ0n) is 9.95. The average Bonchev–Trinajstić information content (AvgIpc) is 2.28. The van der Waals surface area contributed by atoms with Crippen LogP contribution in [0.1, 0.15) is 16.8 Å². The number of amides is 1. The van der Waals surface area contributed by atoms with Crippen LogP contribution in [-0.4, -0.2) is 37.5 Å². The van der Waals surface area contributed by atoms with E-state index >= 15 is 0 Å². The third kappa shape index (κ3) is 2.82. The normalized spacial score (nSPS) is 15.8. The van der Waals surface area contributed by atoms with Crippen LogP contribution in [0.5, 0.6) is 0 Å². The summed E-state index contributed by atoms with van der Waals surface area (Å²) in [7, 11) is 1.93. The van der Waals surface area contributed by atoms with Crippen LogP contribution in [0.2, 0.25) is 0 Å². The van der Waals surface area contributed by atoms with E-state index in [0.717, 1.165) is 26.1 Å². The Bertz CT molecular complexity index is 385. The van der Waals surface area contributed by atoms with E-state index in [0.29, 0.717) is 11.5 Å². The zero-order chi connectivity index (χ0) is 12.3. The molecule has 0 saturated carbocycles. The molecule has 17 heavy (non-hydrogen) atoms. The molecule has 0 aromatic heterocycles. The number of likely N-dealkylation sites (tertiary alicyclic amines) is 1. The Kier molecular flexibility index (Phi) is 3.74. The average molecular weight is 236 g/mol. The van der Waals surface area contributed by atoms with Gasteiger partial charge in [-0.2, -0.15) is 0 Å². The van der Waals surface area contributed by atoms with Crippen molar-refractivity contribution in [3.05, 3.63) is 35.6 Å². The van der Waals surface area contributed by atoms with Crippen LogP contribution in [0.3, 0.4) is 0 Å². The quantitative estimate of drug-likeness (QED) is 0.859. The minimum atomic E-state index is -0.308. The summed E-state index contributed by atoms with van der Waals surface area (Å²) in [5.74, 6) is 0.301. The standard InChI is InChI=1S/C13H17FN2O/c1-15-7-6-10-8-16(9-10)13(17)11-2-4-12(14)5-3-11/h2-5,10,15H,6-9H2,1H3. The third-order valence-electron chi connectivity index (χ3n) is 3.14. The summed E-state index contributed by atoms with van der Waals surface area (Å²) in [5, 5.41) is 3.10. The maximum absolute atomic E-state index is 12.7. The van der Waals surface area contributed by atoms with Gasteiger partial charge in [0.2, 0.25) is 0 Å². The van der Waals surface area contributed by atoms with Gasteiger partial charge in [-0.05, 0) is 50.2 Å². The highest BCUT2D eigenvalue weighted by atomic mass is 19.1. The van der Waals surface area contributed by atoms with Crippen molar-refractivity contribution in [1.82, 2.24) is 10.2 Å². The van der Waals surface area contributed by atoms with Gasteiger partial charge < -0.3 is 10.2 Å². The molecule has 0 aliphatic carbocycles. The summed E-state index contributed by atoms with van der Waals surface area (Å²) in [5.41, 5.74) is 0.568. The lowest BCUT2D eigenvalue weighted by molar-refractivity contribution is 0.0487. The van der Waals surface area contributed by atoms with E-state index in [1.165, 1.54) is 12.1 Å².